The fourth-order valence-corrected chi connectivity index (χ4v) is 1.89. The van der Waals surface area contributed by atoms with E-state index in [1.54, 1.807) is 20.8 Å². The largest absolute Gasteiger partial charge is 0.480 e. The lowest BCUT2D eigenvalue weighted by molar-refractivity contribution is -0.142. The third-order valence-corrected chi connectivity index (χ3v) is 3.45. The molecule has 0 aromatic heterocycles. The second-order valence-corrected chi connectivity index (χ2v) is 7.90. The minimum absolute atomic E-state index is 0.0150. The van der Waals surface area contributed by atoms with Crippen molar-refractivity contribution in [2.45, 2.75) is 26.8 Å². The molecule has 0 bridgehead atoms. The van der Waals surface area contributed by atoms with Crippen LogP contribution in [0.1, 0.15) is 20.8 Å². The van der Waals surface area contributed by atoms with Gasteiger partial charge in [0.1, 0.15) is 15.9 Å². The average molecular weight is 294 g/mol. The summed E-state index contributed by atoms with van der Waals surface area (Å²) in [6, 6.07) is -1.65. The van der Waals surface area contributed by atoms with Crippen molar-refractivity contribution in [3.63, 3.8) is 0 Å². The maximum absolute atomic E-state index is 11.8. The van der Waals surface area contributed by atoms with Crippen LogP contribution < -0.4 is 5.32 Å². The smallest absolute Gasteiger partial charge is 0.326 e. The van der Waals surface area contributed by atoms with Crippen LogP contribution in [0.4, 0.5) is 4.79 Å². The van der Waals surface area contributed by atoms with Gasteiger partial charge in [-0.25, -0.2) is 18.0 Å². The third-order valence-electron chi connectivity index (χ3n) is 2.52. The van der Waals surface area contributed by atoms with Gasteiger partial charge in [-0.05, 0) is 5.41 Å². The van der Waals surface area contributed by atoms with Gasteiger partial charge < -0.3 is 15.3 Å². The van der Waals surface area contributed by atoms with E-state index in [0.717, 1.165) is 11.2 Å². The summed E-state index contributed by atoms with van der Waals surface area (Å²) >= 11 is 0. The van der Waals surface area contributed by atoms with Gasteiger partial charge in [-0.2, -0.15) is 0 Å². The first-order valence-corrected chi connectivity index (χ1v) is 7.83. The third kappa shape index (κ3) is 7.00. The first kappa shape index (κ1) is 17.7. The van der Waals surface area contributed by atoms with Crippen molar-refractivity contribution < 1.29 is 23.1 Å². The van der Waals surface area contributed by atoms with Crippen molar-refractivity contribution in [1.82, 2.24) is 10.2 Å². The van der Waals surface area contributed by atoms with Crippen LogP contribution >= 0.6 is 0 Å². The van der Waals surface area contributed by atoms with Gasteiger partial charge in [0.05, 0.1) is 5.75 Å². The van der Waals surface area contributed by atoms with Crippen LogP contribution in [0.2, 0.25) is 0 Å². The number of sulfone groups is 1. The number of carbonyl (C=O) groups excluding carboxylic acids is 1. The molecule has 0 aliphatic rings. The zero-order valence-electron chi connectivity index (χ0n) is 11.9. The van der Waals surface area contributed by atoms with Crippen LogP contribution in [0.5, 0.6) is 0 Å². The maximum atomic E-state index is 11.8. The fraction of sp³-hybridized carbons (Fsp3) is 0.818. The lowest BCUT2D eigenvalue weighted by Crippen LogP contribution is -2.53. The fourth-order valence-electron chi connectivity index (χ4n) is 1.29. The zero-order chi connectivity index (χ0) is 15.4. The van der Waals surface area contributed by atoms with Crippen LogP contribution in [-0.2, 0) is 14.6 Å². The molecule has 0 saturated carbocycles. The minimum atomic E-state index is -3.16. The topological polar surface area (TPSA) is 104 Å². The number of carboxylic acid groups (broad SMARTS) is 1. The average Bonchev–Trinajstić information content (AvgIpc) is 2.18. The molecule has 1 atom stereocenters. The number of amides is 2. The van der Waals surface area contributed by atoms with Crippen LogP contribution in [0, 0.1) is 5.41 Å². The number of carbonyl (C=O) groups is 2. The van der Waals surface area contributed by atoms with Crippen molar-refractivity contribution in [3.8, 4) is 0 Å². The lowest BCUT2D eigenvalue weighted by Gasteiger charge is -2.29. The molecule has 0 aliphatic carbocycles. The Labute approximate surface area is 113 Å². The molecule has 2 amide bonds. The molecule has 0 aromatic carbocycles. The molecule has 7 nitrogen and oxygen atoms in total. The standard InChI is InChI=1S/C11H22N2O5S/c1-11(2,3)8(9(14)15)12-10(16)13(4)6-7-19(5,17)18/h8H,6-7H2,1-5H3,(H,12,16)(H,14,15)/t8-/m0/s1. The molecule has 0 radical (unpaired) electrons. The van der Waals surface area contributed by atoms with E-state index in [1.807, 2.05) is 0 Å². The summed E-state index contributed by atoms with van der Waals surface area (Å²) in [5.74, 6) is -1.29. The van der Waals surface area contributed by atoms with E-state index >= 15 is 0 Å². The summed E-state index contributed by atoms with van der Waals surface area (Å²) in [5, 5.41) is 11.5. The Morgan fingerprint density at radius 2 is 1.79 bits per heavy atom. The summed E-state index contributed by atoms with van der Waals surface area (Å²) in [4.78, 5) is 24.0. The van der Waals surface area contributed by atoms with Gasteiger partial charge in [0.2, 0.25) is 0 Å². The SMILES string of the molecule is CN(CCS(C)(=O)=O)C(=O)N[C@@H](C(=O)O)C(C)(C)C. The summed E-state index contributed by atoms with van der Waals surface area (Å²) in [7, 11) is -1.75. The lowest BCUT2D eigenvalue weighted by atomic mass is 9.87. The van der Waals surface area contributed by atoms with Crippen LogP contribution in [0.3, 0.4) is 0 Å². The number of nitrogens with zero attached hydrogens (tertiary/aromatic N) is 1. The number of urea groups is 1. The molecule has 0 aliphatic heterocycles. The molecule has 2 N–H and O–H groups in total. The van der Waals surface area contributed by atoms with E-state index in [-0.39, 0.29) is 12.3 Å². The monoisotopic (exact) mass is 294 g/mol. The van der Waals surface area contributed by atoms with Crippen LogP contribution in [-0.4, -0.2) is 62.1 Å². The van der Waals surface area contributed by atoms with Crippen molar-refractivity contribution in [3.05, 3.63) is 0 Å². The molecule has 0 saturated heterocycles. The molecular formula is C11H22N2O5S. The Bertz CT molecular complexity index is 438. The van der Waals surface area contributed by atoms with Gasteiger partial charge in [-0.15, -0.1) is 0 Å². The Hall–Kier alpha value is -1.31. The van der Waals surface area contributed by atoms with Crippen molar-refractivity contribution in [1.29, 1.82) is 0 Å². The molecule has 0 spiro atoms. The van der Waals surface area contributed by atoms with E-state index in [2.05, 4.69) is 5.32 Å². The number of aliphatic carboxylic acids is 1. The summed E-state index contributed by atoms with van der Waals surface area (Å²) in [5.41, 5.74) is -0.640. The summed E-state index contributed by atoms with van der Waals surface area (Å²) < 4.78 is 22.0. The van der Waals surface area contributed by atoms with Crippen molar-refractivity contribution in [2.24, 2.45) is 5.41 Å². The Morgan fingerprint density at radius 3 is 2.11 bits per heavy atom. The van der Waals surface area contributed by atoms with E-state index in [4.69, 9.17) is 5.11 Å². The van der Waals surface area contributed by atoms with Gasteiger partial charge in [0.15, 0.2) is 0 Å². The quantitative estimate of drug-likeness (QED) is 0.752. The predicted octanol–water partition coefficient (Wildman–Crippen LogP) is 0.172. The first-order valence-electron chi connectivity index (χ1n) is 5.77. The minimum Gasteiger partial charge on any atom is -0.480 e. The number of hydrogen-bond donors (Lipinski definition) is 2. The second kappa shape index (κ2) is 6.23. The maximum Gasteiger partial charge on any atom is 0.326 e. The molecule has 0 heterocycles. The normalized spacial score (nSPS) is 13.7. The summed E-state index contributed by atoms with van der Waals surface area (Å²) in [6.07, 6.45) is 1.08. The molecular weight excluding hydrogens is 272 g/mol. The molecule has 19 heavy (non-hydrogen) atoms. The van der Waals surface area contributed by atoms with Gasteiger partial charge in [-0.3, -0.25) is 0 Å². The molecule has 0 rings (SSSR count). The highest BCUT2D eigenvalue weighted by molar-refractivity contribution is 7.90. The van der Waals surface area contributed by atoms with E-state index < -0.39 is 33.3 Å². The highest BCUT2D eigenvalue weighted by atomic mass is 32.2. The van der Waals surface area contributed by atoms with Gasteiger partial charge in [0, 0.05) is 19.8 Å². The van der Waals surface area contributed by atoms with Crippen molar-refractivity contribution >= 4 is 21.8 Å². The molecule has 112 valence electrons. The molecule has 0 aromatic rings. The number of carboxylic acids is 1. The highest BCUT2D eigenvalue weighted by Gasteiger charge is 2.33. The number of hydrogen-bond acceptors (Lipinski definition) is 4. The van der Waals surface area contributed by atoms with E-state index in [9.17, 15) is 18.0 Å². The molecule has 0 fully saturated rings. The Morgan fingerprint density at radius 1 is 1.32 bits per heavy atom. The van der Waals surface area contributed by atoms with E-state index in [0.29, 0.717) is 0 Å². The molecule has 8 heteroatoms. The molecule has 0 unspecified atom stereocenters. The van der Waals surface area contributed by atoms with Crippen molar-refractivity contribution in [2.75, 3.05) is 25.6 Å². The first-order chi connectivity index (χ1) is 8.34. The summed E-state index contributed by atoms with van der Waals surface area (Å²) in [6.45, 7) is 5.11. The highest BCUT2D eigenvalue weighted by Crippen LogP contribution is 2.19. The van der Waals surface area contributed by atoms with Crippen LogP contribution in [0.15, 0.2) is 0 Å². The van der Waals surface area contributed by atoms with E-state index in [1.165, 1.54) is 7.05 Å². The second-order valence-electron chi connectivity index (χ2n) is 5.64. The van der Waals surface area contributed by atoms with Gasteiger partial charge in [0.25, 0.3) is 0 Å². The zero-order valence-corrected chi connectivity index (χ0v) is 12.7. The predicted molar refractivity (Wildman–Crippen MR) is 71.8 cm³/mol. The van der Waals surface area contributed by atoms with Crippen LogP contribution in [0.25, 0.3) is 0 Å². The Kier molecular flexibility index (Phi) is 5.80. The Balaban J connectivity index is 4.62. The van der Waals surface area contributed by atoms with Gasteiger partial charge >= 0.3 is 12.0 Å². The number of nitrogens with one attached hydrogen (secondary N) is 1. The number of rotatable bonds is 5. The van der Waals surface area contributed by atoms with Gasteiger partial charge in [-0.1, -0.05) is 20.8 Å².